The number of hydrogen-bond acceptors (Lipinski definition) is 12. The maximum absolute atomic E-state index is 13.5. The van der Waals surface area contributed by atoms with E-state index in [4.69, 9.17) is 9.47 Å². The molecular weight excluding hydrogens is 1440 g/mol. The number of anilines is 4. The predicted octanol–water partition coefficient (Wildman–Crippen LogP) is 16.2. The number of carbonyl (C=O) groups is 2. The van der Waals surface area contributed by atoms with Crippen molar-refractivity contribution in [3.63, 3.8) is 0 Å². The number of nitrogens with one attached hydrogen (secondary N) is 4. The molecule has 0 aliphatic rings. The maximum atomic E-state index is 13.5. The average molecular weight is 1500 g/mol. The Morgan fingerprint density at radius 1 is 0.494 bits per heavy atom. The summed E-state index contributed by atoms with van der Waals surface area (Å²) in [6, 6.07) is 33.4. The number of amides is 2. The van der Waals surface area contributed by atoms with Crippen LogP contribution in [0.25, 0.3) is 20.2 Å². The molecule has 0 fully saturated rings. The van der Waals surface area contributed by atoms with Crippen LogP contribution in [0.2, 0.25) is 14.8 Å². The fourth-order valence-corrected chi connectivity index (χ4v) is 16.0. The first-order valence-electron chi connectivity index (χ1n) is 26.8. The Hall–Kier alpha value is -6.01. The van der Waals surface area contributed by atoms with E-state index >= 15 is 0 Å². The molecule has 2 heterocycles. The van der Waals surface area contributed by atoms with E-state index in [0.717, 1.165) is 45.6 Å². The molecule has 6 aromatic carbocycles. The molecule has 4 N–H and O–H groups in total. The molecule has 14 nitrogen and oxygen atoms in total. The molecule has 0 unspecified atom stereocenters. The molecule has 8 aromatic rings. The van der Waals surface area contributed by atoms with E-state index in [1.54, 1.807) is 100 Å². The second-order valence-corrected chi connectivity index (χ2v) is 44.6. The molecule has 0 aliphatic heterocycles. The molecule has 87 heavy (non-hydrogen) atoms. The first kappa shape index (κ1) is 68.5. The Balaban J connectivity index is 0.000000249. The summed E-state index contributed by atoms with van der Waals surface area (Å²) < 4.78 is 154. The van der Waals surface area contributed by atoms with Gasteiger partial charge in [0, 0.05) is 31.1 Å². The number of sulfonamides is 2. The van der Waals surface area contributed by atoms with Crippen LogP contribution >= 0.6 is 45.3 Å². The summed E-state index contributed by atoms with van der Waals surface area (Å²) in [7, 11) is -6.90. The number of fused-ring (bicyclic) bond motifs is 2. The summed E-state index contributed by atoms with van der Waals surface area (Å²) >= 11 is 1.91. The molecule has 0 bridgehead atoms. The molecule has 2 amide bonds. The normalized spacial score (nSPS) is 12.6. The zero-order chi connectivity index (χ0) is 64.6. The van der Waals surface area contributed by atoms with Gasteiger partial charge in [0.25, 0.3) is 5.91 Å². The summed E-state index contributed by atoms with van der Waals surface area (Å²) in [5.74, 6) is -0.937. The van der Waals surface area contributed by atoms with Gasteiger partial charge in [0.1, 0.15) is 11.5 Å². The third-order valence-corrected chi connectivity index (χ3v) is 23.0. The van der Waals surface area contributed by atoms with Gasteiger partial charge in [-0.25, -0.2) is 16.8 Å². The minimum atomic E-state index is -4.87. The van der Waals surface area contributed by atoms with Crippen LogP contribution in [-0.4, -0.2) is 84.5 Å². The van der Waals surface area contributed by atoms with Crippen molar-refractivity contribution in [2.45, 2.75) is 106 Å². The molecular formula is C61H65F6IN4O10S4Sn. The predicted molar refractivity (Wildman–Crippen MR) is 347 cm³/mol. The van der Waals surface area contributed by atoms with Gasteiger partial charge in [0.05, 0.1) is 23.5 Å². The molecule has 0 aliphatic carbocycles. The number of alkyl halides is 6. The van der Waals surface area contributed by atoms with Gasteiger partial charge in [-0.1, -0.05) is 13.8 Å². The average Bonchev–Trinajstić information content (AvgIpc) is 1.82. The third kappa shape index (κ3) is 19.5. The van der Waals surface area contributed by atoms with Crippen LogP contribution in [0.15, 0.2) is 121 Å². The van der Waals surface area contributed by atoms with Gasteiger partial charge < -0.3 is 14.8 Å². The molecule has 0 radical (unpaired) electrons. The summed E-state index contributed by atoms with van der Waals surface area (Å²) in [5, 5.41) is 7.37. The van der Waals surface area contributed by atoms with E-state index in [9.17, 15) is 52.8 Å². The van der Waals surface area contributed by atoms with Gasteiger partial charge in [-0.15, -0.1) is 24.5 Å². The third-order valence-electron chi connectivity index (χ3n) is 13.2. The van der Waals surface area contributed by atoms with Gasteiger partial charge in [0.15, 0.2) is 0 Å². The van der Waals surface area contributed by atoms with E-state index in [2.05, 4.69) is 73.0 Å². The minimum absolute atomic E-state index is 0.244. The van der Waals surface area contributed by atoms with Crippen molar-refractivity contribution in [3.8, 4) is 23.0 Å². The van der Waals surface area contributed by atoms with Crippen LogP contribution < -0.4 is 42.6 Å². The van der Waals surface area contributed by atoms with Crippen molar-refractivity contribution in [3.05, 3.63) is 157 Å². The van der Waals surface area contributed by atoms with E-state index in [1.165, 1.54) is 46.9 Å². The Morgan fingerprint density at radius 3 is 1.23 bits per heavy atom. The van der Waals surface area contributed by atoms with Crippen molar-refractivity contribution in [1.29, 1.82) is 0 Å². The van der Waals surface area contributed by atoms with E-state index < -0.39 is 62.0 Å². The van der Waals surface area contributed by atoms with Crippen molar-refractivity contribution in [2.24, 2.45) is 0 Å². The number of ether oxygens (including phenoxy) is 4. The Morgan fingerprint density at radius 2 is 0.862 bits per heavy atom. The Kier molecular flexibility index (Phi) is 20.6. The van der Waals surface area contributed by atoms with Crippen molar-refractivity contribution < 1.29 is 71.7 Å². The van der Waals surface area contributed by atoms with E-state index in [1.807, 2.05) is 45.9 Å². The number of hydrogen-bond donors (Lipinski definition) is 4. The van der Waals surface area contributed by atoms with E-state index in [-0.39, 0.29) is 47.0 Å². The van der Waals surface area contributed by atoms with Crippen LogP contribution in [0.3, 0.4) is 0 Å². The number of halogens is 7. The topological polar surface area (TPSA) is 187 Å². The fourth-order valence-electron chi connectivity index (χ4n) is 9.03. The van der Waals surface area contributed by atoms with Gasteiger partial charge in [-0.2, -0.15) is 0 Å². The van der Waals surface area contributed by atoms with Crippen LogP contribution in [0, 0.1) is 3.57 Å². The fraction of sp³-hybridized carbons (Fsp3) is 0.311. The monoisotopic (exact) mass is 1500 g/mol. The van der Waals surface area contributed by atoms with Gasteiger partial charge in [0.2, 0.25) is 10.0 Å². The standard InChI is InChI=1S/C29H28F3IN2O5S2.C29H28F3N2O5S2.3CH3.Sn/c1-16(2)39-23-12-19(13-24(15-23)40-29(30,31)32)28(3,4)18-10-20(33)14-22(11-18)34-27(36)26-9-17-8-21(35-42(5,37)38)6-7-25(17)41-26;1-17(2)38-23-14-20(15-24(16-23)39-29(30,31)32)28(3,4)19-7-6-8-21(13-19)33-27(35)26-12-18-11-22(34-41(5,36)37)9-10-25(18)40-26;;;;/h6-16,35H,1-5H3,(H,34,36);7-17,34H,1-5H3,(H,33,35);3*1H3;. The van der Waals surface area contributed by atoms with Crippen LogP contribution in [-0.2, 0) is 30.9 Å². The van der Waals surface area contributed by atoms with Crippen molar-refractivity contribution in [2.75, 3.05) is 32.6 Å². The zero-order valence-electron chi connectivity index (χ0n) is 49.6. The summed E-state index contributed by atoms with van der Waals surface area (Å²) in [4.78, 5) is 34.3. The zero-order valence-corrected chi connectivity index (χ0v) is 57.8. The number of rotatable bonds is 19. The molecule has 26 heteroatoms. The van der Waals surface area contributed by atoms with Gasteiger partial charge in [-0.05, 0) is 108 Å². The Labute approximate surface area is 527 Å². The molecule has 0 atom stereocenters. The van der Waals surface area contributed by atoms with Crippen LogP contribution in [0.1, 0.15) is 97.0 Å². The molecule has 0 spiro atoms. The number of carbonyl (C=O) groups excluding carboxylic acids is 2. The second kappa shape index (κ2) is 26.2. The molecule has 8 rings (SSSR count). The summed E-state index contributed by atoms with van der Waals surface area (Å²) in [6.45, 7) is 14.7. The quantitative estimate of drug-likeness (QED) is 0.0345. The molecule has 2 aromatic heterocycles. The Bertz CT molecular complexity index is 4130. The molecule has 0 saturated carbocycles. The summed E-state index contributed by atoms with van der Waals surface area (Å²) in [5.41, 5.74) is 2.92. The first-order chi connectivity index (χ1) is 40.0. The second-order valence-electron chi connectivity index (χ2n) is 23.2. The molecule has 0 saturated heterocycles. The first-order valence-corrected chi connectivity index (χ1v) is 43.2. The van der Waals surface area contributed by atoms with Crippen molar-refractivity contribution in [1.82, 2.24) is 0 Å². The summed E-state index contributed by atoms with van der Waals surface area (Å²) in [6.07, 6.45) is -8.13. The van der Waals surface area contributed by atoms with Crippen LogP contribution in [0.4, 0.5) is 49.1 Å². The molecule has 466 valence electrons. The SMILES string of the molecule is CC(C)Oc1cc(OC(F)(F)F)cc(C(C)(C)c2cc(I)cc(NC(=O)c3cc4cc(NS(C)(=O)=O)ccc4s3)c2)c1.CC(C)Oc1cc(OC(F)(F)F)cc(C(C)(C)c2cc(NC(=O)c3cc4cc(NS(C)(=O)=O)ccc4s3)c[c]([Sn]([CH3])([CH3])[CH3])c2)c1. The van der Waals surface area contributed by atoms with Gasteiger partial charge in [-0.3, -0.25) is 9.52 Å². The van der Waals surface area contributed by atoms with Gasteiger partial charge >= 0.3 is 263 Å². The van der Waals surface area contributed by atoms with Crippen LogP contribution in [0.5, 0.6) is 23.0 Å². The number of thiophene rings is 2. The van der Waals surface area contributed by atoms with Crippen molar-refractivity contribution >= 4 is 142 Å². The number of benzene rings is 6. The van der Waals surface area contributed by atoms with E-state index in [0.29, 0.717) is 49.0 Å².